The summed E-state index contributed by atoms with van der Waals surface area (Å²) in [6, 6.07) is 7.64. The molecule has 0 aromatic heterocycles. The highest BCUT2D eigenvalue weighted by Gasteiger charge is 2.29. The van der Waals surface area contributed by atoms with Crippen molar-refractivity contribution in [2.75, 3.05) is 6.54 Å². The zero-order valence-electron chi connectivity index (χ0n) is 8.75. The zero-order valence-corrected chi connectivity index (χ0v) is 12.5. The number of carbonyl (C=O) groups is 1. The first-order valence-corrected chi connectivity index (χ1v) is 7.34. The van der Waals surface area contributed by atoms with E-state index in [2.05, 4.69) is 43.8 Å². The maximum absolute atomic E-state index is 11.9. The summed E-state index contributed by atoms with van der Waals surface area (Å²) in [5.74, 6) is 0.783. The van der Waals surface area contributed by atoms with Crippen LogP contribution < -0.4 is 5.32 Å². The van der Waals surface area contributed by atoms with Gasteiger partial charge in [0, 0.05) is 14.9 Å². The lowest BCUT2D eigenvalue weighted by molar-refractivity contribution is 0.0952. The molecule has 1 atom stereocenters. The van der Waals surface area contributed by atoms with Crippen LogP contribution >= 0.6 is 38.5 Å². The molecule has 2 nitrogen and oxygen atoms in total. The first-order valence-electron chi connectivity index (χ1n) is 5.35. The lowest BCUT2D eigenvalue weighted by Crippen LogP contribution is -2.30. The molecule has 0 saturated heterocycles. The van der Waals surface area contributed by atoms with E-state index < -0.39 is 0 Å². The molecule has 0 bridgehead atoms. The Morgan fingerprint density at radius 2 is 2.19 bits per heavy atom. The Labute approximate surface area is 117 Å². The van der Waals surface area contributed by atoms with Crippen molar-refractivity contribution in [1.29, 1.82) is 0 Å². The van der Waals surface area contributed by atoms with Gasteiger partial charge in [-0.1, -0.05) is 28.1 Å². The van der Waals surface area contributed by atoms with Crippen LogP contribution in [-0.4, -0.2) is 17.3 Å². The third-order valence-corrected chi connectivity index (χ3v) is 4.72. The van der Waals surface area contributed by atoms with E-state index in [1.165, 1.54) is 12.8 Å². The molecule has 4 heteroatoms. The fourth-order valence-corrected chi connectivity index (χ4v) is 2.88. The van der Waals surface area contributed by atoms with Crippen molar-refractivity contribution in [2.45, 2.75) is 17.7 Å². The highest BCUT2D eigenvalue weighted by atomic mass is 127. The van der Waals surface area contributed by atoms with Crippen LogP contribution in [0.1, 0.15) is 23.2 Å². The molecule has 1 aliphatic carbocycles. The molecule has 1 amide bonds. The number of amides is 1. The van der Waals surface area contributed by atoms with Gasteiger partial charge in [0.05, 0.1) is 5.56 Å². The normalized spacial score (nSPS) is 16.9. The van der Waals surface area contributed by atoms with Gasteiger partial charge in [-0.15, -0.1) is 0 Å². The molecule has 1 N–H and O–H groups in total. The lowest BCUT2D eigenvalue weighted by Gasteiger charge is -2.10. The molecule has 16 heavy (non-hydrogen) atoms. The Bertz CT molecular complexity index is 392. The van der Waals surface area contributed by atoms with E-state index in [9.17, 15) is 4.79 Å². The van der Waals surface area contributed by atoms with Gasteiger partial charge in [0.2, 0.25) is 0 Å². The second-order valence-corrected chi connectivity index (χ2v) is 6.38. The molecule has 1 fully saturated rings. The van der Waals surface area contributed by atoms with Gasteiger partial charge in [0.15, 0.2) is 0 Å². The Balaban J connectivity index is 1.90. The minimum atomic E-state index is 0.0232. The van der Waals surface area contributed by atoms with Gasteiger partial charge in [-0.2, -0.15) is 0 Å². The Morgan fingerprint density at radius 3 is 2.81 bits per heavy atom. The van der Waals surface area contributed by atoms with Crippen molar-refractivity contribution in [3.63, 3.8) is 0 Å². The molecular weight excluding hydrogens is 381 g/mol. The molecule has 1 aliphatic rings. The van der Waals surface area contributed by atoms with Gasteiger partial charge in [0.1, 0.15) is 0 Å². The number of alkyl halides is 1. The number of carbonyl (C=O) groups excluding carboxylic acids is 1. The average Bonchev–Trinajstić information content (AvgIpc) is 3.10. The minimum absolute atomic E-state index is 0.0232. The van der Waals surface area contributed by atoms with Crippen LogP contribution in [0.2, 0.25) is 0 Å². The Hall–Kier alpha value is -0.100. The van der Waals surface area contributed by atoms with E-state index in [4.69, 9.17) is 0 Å². The molecule has 86 valence electrons. The Kier molecular flexibility index (Phi) is 4.24. The summed E-state index contributed by atoms with van der Waals surface area (Å²) in [7, 11) is 0. The zero-order chi connectivity index (χ0) is 11.5. The maximum atomic E-state index is 11.9. The summed E-state index contributed by atoms with van der Waals surface area (Å²) in [5.41, 5.74) is 0.763. The molecule has 0 aliphatic heterocycles. The predicted octanol–water partition coefficient (Wildman–Crippen LogP) is 3.19. The number of benzene rings is 1. The standard InChI is InChI=1S/C12H13BrINO/c13-10(8-5-6-8)7-15-12(16)9-3-1-2-4-11(9)14/h1-4,8,10H,5-7H2,(H,15,16). The number of hydrogen-bond donors (Lipinski definition) is 1. The van der Waals surface area contributed by atoms with Crippen molar-refractivity contribution in [1.82, 2.24) is 5.32 Å². The molecule has 2 rings (SSSR count). The second-order valence-electron chi connectivity index (χ2n) is 4.04. The molecule has 0 radical (unpaired) electrons. The van der Waals surface area contributed by atoms with Crippen LogP contribution in [0.5, 0.6) is 0 Å². The van der Waals surface area contributed by atoms with E-state index in [1.54, 1.807) is 0 Å². The van der Waals surface area contributed by atoms with Gasteiger partial charge in [-0.25, -0.2) is 0 Å². The van der Waals surface area contributed by atoms with Crippen LogP contribution in [0.3, 0.4) is 0 Å². The second kappa shape index (κ2) is 5.49. The van der Waals surface area contributed by atoms with E-state index in [1.807, 2.05) is 24.3 Å². The largest absolute Gasteiger partial charge is 0.351 e. The molecule has 1 aromatic rings. The average molecular weight is 394 g/mol. The predicted molar refractivity (Wildman–Crippen MR) is 76.9 cm³/mol. The van der Waals surface area contributed by atoms with Gasteiger partial charge in [0.25, 0.3) is 5.91 Å². The fourth-order valence-electron chi connectivity index (χ4n) is 1.56. The third-order valence-electron chi connectivity index (χ3n) is 2.71. The molecule has 1 saturated carbocycles. The van der Waals surface area contributed by atoms with Gasteiger partial charge in [-0.05, 0) is 53.5 Å². The van der Waals surface area contributed by atoms with E-state index in [0.29, 0.717) is 11.4 Å². The van der Waals surface area contributed by atoms with Crippen molar-refractivity contribution in [3.05, 3.63) is 33.4 Å². The first-order chi connectivity index (χ1) is 7.68. The summed E-state index contributed by atoms with van der Waals surface area (Å²) in [4.78, 5) is 12.3. The highest BCUT2D eigenvalue weighted by molar-refractivity contribution is 14.1. The summed E-state index contributed by atoms with van der Waals surface area (Å²) in [5, 5.41) is 2.97. The van der Waals surface area contributed by atoms with Crippen LogP contribution in [0.4, 0.5) is 0 Å². The minimum Gasteiger partial charge on any atom is -0.351 e. The van der Waals surface area contributed by atoms with Crippen molar-refractivity contribution in [3.8, 4) is 0 Å². The van der Waals surface area contributed by atoms with Crippen molar-refractivity contribution in [2.24, 2.45) is 5.92 Å². The molecule has 1 unspecified atom stereocenters. The van der Waals surface area contributed by atoms with E-state index in [-0.39, 0.29) is 5.91 Å². The van der Waals surface area contributed by atoms with Gasteiger partial charge >= 0.3 is 0 Å². The van der Waals surface area contributed by atoms with Crippen LogP contribution in [0.15, 0.2) is 24.3 Å². The topological polar surface area (TPSA) is 29.1 Å². The molecule has 0 heterocycles. The van der Waals surface area contributed by atoms with Crippen LogP contribution in [0.25, 0.3) is 0 Å². The number of halogens is 2. The summed E-state index contributed by atoms with van der Waals surface area (Å²) in [6.45, 7) is 0.717. The molecule has 1 aromatic carbocycles. The first kappa shape index (κ1) is 12.4. The SMILES string of the molecule is O=C(NCC(Br)C1CC1)c1ccccc1I. The van der Waals surface area contributed by atoms with Crippen LogP contribution in [-0.2, 0) is 0 Å². The summed E-state index contributed by atoms with van der Waals surface area (Å²) < 4.78 is 0.996. The van der Waals surface area contributed by atoms with Crippen molar-refractivity contribution < 1.29 is 4.79 Å². The van der Waals surface area contributed by atoms with Gasteiger partial charge < -0.3 is 5.32 Å². The maximum Gasteiger partial charge on any atom is 0.252 e. The third kappa shape index (κ3) is 3.20. The quantitative estimate of drug-likeness (QED) is 0.617. The molecule has 0 spiro atoms. The summed E-state index contributed by atoms with van der Waals surface area (Å²) >= 11 is 5.79. The monoisotopic (exact) mass is 393 g/mol. The van der Waals surface area contributed by atoms with Crippen molar-refractivity contribution >= 4 is 44.4 Å². The lowest BCUT2D eigenvalue weighted by atomic mass is 10.2. The fraction of sp³-hybridized carbons (Fsp3) is 0.417. The summed E-state index contributed by atoms with van der Waals surface area (Å²) in [6.07, 6.45) is 2.57. The number of hydrogen-bond acceptors (Lipinski definition) is 1. The molecular formula is C12H13BrINO. The van der Waals surface area contributed by atoms with Gasteiger partial charge in [-0.3, -0.25) is 4.79 Å². The number of rotatable bonds is 4. The highest BCUT2D eigenvalue weighted by Crippen LogP contribution is 2.36. The number of nitrogens with one attached hydrogen (secondary N) is 1. The van der Waals surface area contributed by atoms with E-state index >= 15 is 0 Å². The van der Waals surface area contributed by atoms with E-state index in [0.717, 1.165) is 15.1 Å². The van der Waals surface area contributed by atoms with Crippen LogP contribution in [0, 0.1) is 9.49 Å². The Morgan fingerprint density at radius 1 is 1.50 bits per heavy atom. The smallest absolute Gasteiger partial charge is 0.252 e.